The normalized spacial score (nSPS) is 11.6. The van der Waals surface area contributed by atoms with Crippen molar-refractivity contribution in [2.45, 2.75) is 53.4 Å². The Bertz CT molecular complexity index is 719. The summed E-state index contributed by atoms with van der Waals surface area (Å²) in [6, 6.07) is 3.82. The van der Waals surface area contributed by atoms with E-state index in [-0.39, 0.29) is 17.7 Å². The van der Waals surface area contributed by atoms with Crippen molar-refractivity contribution in [3.8, 4) is 0 Å². The first kappa shape index (κ1) is 17.5. The molecule has 0 spiro atoms. The number of halogens is 1. The number of rotatable bonds is 3. The van der Waals surface area contributed by atoms with Crippen molar-refractivity contribution in [2.24, 2.45) is 0 Å². The van der Waals surface area contributed by atoms with Gasteiger partial charge in [0.15, 0.2) is 5.89 Å². The number of nitrogens with zero attached hydrogens (tertiary/aromatic N) is 1. The number of benzene rings is 1. The van der Waals surface area contributed by atoms with E-state index in [1.54, 1.807) is 0 Å². The van der Waals surface area contributed by atoms with Gasteiger partial charge in [0.1, 0.15) is 5.76 Å². The van der Waals surface area contributed by atoms with E-state index in [1.165, 1.54) is 0 Å². The molecule has 1 aromatic carbocycles. The van der Waals surface area contributed by atoms with Gasteiger partial charge in [-0.2, -0.15) is 0 Å². The molecule has 0 aliphatic carbocycles. The molecule has 124 valence electrons. The number of amides is 1. The quantitative estimate of drug-likeness (QED) is 0.882. The summed E-state index contributed by atoms with van der Waals surface area (Å²) in [4.78, 5) is 16.7. The van der Waals surface area contributed by atoms with Crippen molar-refractivity contribution in [2.75, 3.05) is 5.32 Å². The van der Waals surface area contributed by atoms with Crippen LogP contribution in [-0.2, 0) is 16.6 Å². The monoisotopic (exact) mass is 334 g/mol. The highest BCUT2D eigenvalue weighted by molar-refractivity contribution is 6.34. The van der Waals surface area contributed by atoms with Crippen LogP contribution in [0, 0.1) is 20.8 Å². The van der Waals surface area contributed by atoms with Crippen LogP contribution in [0.2, 0.25) is 5.02 Å². The van der Waals surface area contributed by atoms with Gasteiger partial charge in [0.2, 0.25) is 5.91 Å². The van der Waals surface area contributed by atoms with Gasteiger partial charge in [-0.1, -0.05) is 38.4 Å². The molecule has 0 unspecified atom stereocenters. The van der Waals surface area contributed by atoms with E-state index in [0.717, 1.165) is 16.8 Å². The molecule has 0 saturated heterocycles. The predicted octanol–water partition coefficient (Wildman–Crippen LogP) is 4.73. The van der Waals surface area contributed by atoms with Crippen LogP contribution in [0.4, 0.5) is 5.69 Å². The van der Waals surface area contributed by atoms with E-state index in [0.29, 0.717) is 22.4 Å². The number of carbonyl (C=O) groups is 1. The maximum Gasteiger partial charge on any atom is 0.232 e. The molecule has 4 nitrogen and oxygen atoms in total. The standard InChI is InChI=1S/C18H23ClN2O2/c1-10-7-11(2)16(13(19)8-10)21-15(22)9-14-12(3)20-17(23-14)18(4,5)6/h7-8H,9H2,1-6H3,(H,21,22). The third-order valence-corrected chi connectivity index (χ3v) is 3.85. The Hall–Kier alpha value is -1.81. The van der Waals surface area contributed by atoms with Crippen LogP contribution in [-0.4, -0.2) is 10.9 Å². The molecule has 1 aromatic heterocycles. The minimum absolute atomic E-state index is 0.137. The fourth-order valence-corrected chi connectivity index (χ4v) is 2.68. The summed E-state index contributed by atoms with van der Waals surface area (Å²) in [6.07, 6.45) is 0.137. The van der Waals surface area contributed by atoms with Crippen LogP contribution in [0.15, 0.2) is 16.5 Å². The molecular formula is C18H23ClN2O2. The van der Waals surface area contributed by atoms with Gasteiger partial charge in [0.25, 0.3) is 0 Å². The zero-order chi connectivity index (χ0) is 17.4. The highest BCUT2D eigenvalue weighted by Gasteiger charge is 2.23. The fourth-order valence-electron chi connectivity index (χ4n) is 2.32. The van der Waals surface area contributed by atoms with Crippen molar-refractivity contribution in [1.29, 1.82) is 0 Å². The molecule has 0 aliphatic heterocycles. The van der Waals surface area contributed by atoms with Gasteiger partial charge in [-0.15, -0.1) is 0 Å². The van der Waals surface area contributed by atoms with Crippen molar-refractivity contribution in [1.82, 2.24) is 4.98 Å². The Balaban J connectivity index is 2.16. The van der Waals surface area contributed by atoms with Gasteiger partial charge in [0, 0.05) is 5.41 Å². The van der Waals surface area contributed by atoms with Crippen LogP contribution >= 0.6 is 11.6 Å². The average Bonchev–Trinajstić information content (AvgIpc) is 2.75. The number of nitrogens with one attached hydrogen (secondary N) is 1. The highest BCUT2D eigenvalue weighted by Crippen LogP contribution is 2.28. The summed E-state index contributed by atoms with van der Waals surface area (Å²) in [5.74, 6) is 1.06. The minimum Gasteiger partial charge on any atom is -0.444 e. The summed E-state index contributed by atoms with van der Waals surface area (Å²) in [6.45, 7) is 11.8. The number of hydrogen-bond acceptors (Lipinski definition) is 3. The Morgan fingerprint density at radius 2 is 1.91 bits per heavy atom. The molecule has 1 heterocycles. The second-order valence-electron chi connectivity index (χ2n) is 6.94. The molecule has 0 aliphatic rings. The van der Waals surface area contributed by atoms with Crippen LogP contribution in [0.1, 0.15) is 49.2 Å². The smallest absolute Gasteiger partial charge is 0.232 e. The Labute approximate surface area is 142 Å². The average molecular weight is 335 g/mol. The number of hydrogen-bond donors (Lipinski definition) is 1. The molecule has 0 radical (unpaired) electrons. The van der Waals surface area contributed by atoms with Gasteiger partial charge in [-0.25, -0.2) is 4.98 Å². The number of carbonyl (C=O) groups excluding carboxylic acids is 1. The highest BCUT2D eigenvalue weighted by atomic mass is 35.5. The van der Waals surface area contributed by atoms with E-state index in [9.17, 15) is 4.79 Å². The zero-order valence-electron chi connectivity index (χ0n) is 14.5. The number of oxazole rings is 1. The maximum absolute atomic E-state index is 12.3. The molecule has 0 bridgehead atoms. The van der Waals surface area contributed by atoms with Gasteiger partial charge in [0.05, 0.1) is 22.8 Å². The van der Waals surface area contributed by atoms with Crippen LogP contribution < -0.4 is 5.32 Å². The first-order valence-electron chi connectivity index (χ1n) is 7.61. The summed E-state index contributed by atoms with van der Waals surface area (Å²) < 4.78 is 5.76. The molecule has 2 aromatic rings. The second-order valence-corrected chi connectivity index (χ2v) is 7.35. The molecule has 5 heteroatoms. The largest absolute Gasteiger partial charge is 0.444 e. The van der Waals surface area contributed by atoms with Gasteiger partial charge in [-0.3, -0.25) is 4.79 Å². The number of aromatic nitrogens is 1. The summed E-state index contributed by atoms with van der Waals surface area (Å²) in [5, 5.41) is 3.41. The molecular weight excluding hydrogens is 312 g/mol. The zero-order valence-corrected chi connectivity index (χ0v) is 15.3. The second kappa shape index (κ2) is 6.36. The first-order chi connectivity index (χ1) is 10.6. The Morgan fingerprint density at radius 1 is 1.26 bits per heavy atom. The minimum atomic E-state index is -0.184. The van der Waals surface area contributed by atoms with Crippen molar-refractivity contribution in [3.05, 3.63) is 45.6 Å². The van der Waals surface area contributed by atoms with E-state index >= 15 is 0 Å². The van der Waals surface area contributed by atoms with Crippen molar-refractivity contribution in [3.63, 3.8) is 0 Å². The summed E-state index contributed by atoms with van der Waals surface area (Å²) in [5.41, 5.74) is 3.21. The lowest BCUT2D eigenvalue weighted by molar-refractivity contribution is -0.115. The third kappa shape index (κ3) is 4.14. The SMILES string of the molecule is Cc1cc(C)c(NC(=O)Cc2oc(C(C)(C)C)nc2C)c(Cl)c1. The maximum atomic E-state index is 12.3. The molecule has 0 saturated carbocycles. The molecule has 0 fully saturated rings. The van der Waals surface area contributed by atoms with Crippen LogP contribution in [0.3, 0.4) is 0 Å². The predicted molar refractivity (Wildman–Crippen MR) is 93.2 cm³/mol. The molecule has 23 heavy (non-hydrogen) atoms. The van der Waals surface area contributed by atoms with E-state index < -0.39 is 0 Å². The summed E-state index contributed by atoms with van der Waals surface area (Å²) >= 11 is 6.23. The van der Waals surface area contributed by atoms with Gasteiger partial charge >= 0.3 is 0 Å². The van der Waals surface area contributed by atoms with Gasteiger partial charge < -0.3 is 9.73 Å². The topological polar surface area (TPSA) is 55.1 Å². The number of anilines is 1. The van der Waals surface area contributed by atoms with Crippen LogP contribution in [0.25, 0.3) is 0 Å². The fraction of sp³-hybridized carbons (Fsp3) is 0.444. The molecule has 0 atom stereocenters. The van der Waals surface area contributed by atoms with Crippen molar-refractivity contribution < 1.29 is 9.21 Å². The van der Waals surface area contributed by atoms with E-state index in [2.05, 4.69) is 10.3 Å². The summed E-state index contributed by atoms with van der Waals surface area (Å²) in [7, 11) is 0. The first-order valence-corrected chi connectivity index (χ1v) is 7.99. The number of aryl methyl sites for hydroxylation is 3. The lowest BCUT2D eigenvalue weighted by Gasteiger charge is -2.12. The van der Waals surface area contributed by atoms with E-state index in [4.69, 9.17) is 16.0 Å². The van der Waals surface area contributed by atoms with Gasteiger partial charge in [-0.05, 0) is 38.0 Å². The van der Waals surface area contributed by atoms with E-state index in [1.807, 2.05) is 53.7 Å². The Morgan fingerprint density at radius 3 is 2.43 bits per heavy atom. The molecule has 2 rings (SSSR count). The molecule has 1 N–H and O–H groups in total. The lowest BCUT2D eigenvalue weighted by Crippen LogP contribution is -2.16. The Kier molecular flexibility index (Phi) is 4.85. The lowest BCUT2D eigenvalue weighted by atomic mass is 9.97. The van der Waals surface area contributed by atoms with Crippen LogP contribution in [0.5, 0.6) is 0 Å². The van der Waals surface area contributed by atoms with Crippen molar-refractivity contribution >= 4 is 23.2 Å². The molecule has 1 amide bonds. The third-order valence-electron chi connectivity index (χ3n) is 3.55.